The summed E-state index contributed by atoms with van der Waals surface area (Å²) in [7, 11) is 0. The molecule has 1 rings (SSSR count). The summed E-state index contributed by atoms with van der Waals surface area (Å²) in [6.45, 7) is 0.126. The third-order valence-corrected chi connectivity index (χ3v) is 1.90. The van der Waals surface area contributed by atoms with Gasteiger partial charge in [-0.1, -0.05) is 12.1 Å². The van der Waals surface area contributed by atoms with Crippen molar-refractivity contribution in [2.24, 2.45) is 11.5 Å². The van der Waals surface area contributed by atoms with E-state index in [1.54, 1.807) is 0 Å². The number of nitrogens with two attached hydrogens (primary N) is 2. The first-order chi connectivity index (χ1) is 6.45. The monoisotopic (exact) mass is 276 g/mol. The first-order valence-electron chi connectivity index (χ1n) is 4.08. The highest BCUT2D eigenvalue weighted by molar-refractivity contribution is 5.85. The number of halogens is 5. The van der Waals surface area contributed by atoms with Crippen molar-refractivity contribution in [3.05, 3.63) is 35.4 Å². The molecule has 1 aromatic carbocycles. The van der Waals surface area contributed by atoms with Gasteiger partial charge in [0.05, 0.1) is 5.56 Å². The fourth-order valence-electron chi connectivity index (χ4n) is 1.08. The molecule has 0 saturated carbocycles. The van der Waals surface area contributed by atoms with E-state index in [4.69, 9.17) is 11.5 Å². The molecule has 0 aliphatic carbocycles. The van der Waals surface area contributed by atoms with Crippen LogP contribution in [0.5, 0.6) is 0 Å². The summed E-state index contributed by atoms with van der Waals surface area (Å²) >= 11 is 0. The number of benzene rings is 1. The van der Waals surface area contributed by atoms with Gasteiger partial charge in [-0.15, -0.1) is 24.8 Å². The van der Waals surface area contributed by atoms with Crippen molar-refractivity contribution in [3.8, 4) is 0 Å². The Labute approximate surface area is 104 Å². The largest absolute Gasteiger partial charge is 0.416 e. The fraction of sp³-hybridized carbons (Fsp3) is 0.333. The molecule has 1 atom stereocenters. The molecule has 0 heterocycles. The van der Waals surface area contributed by atoms with E-state index < -0.39 is 17.8 Å². The van der Waals surface area contributed by atoms with Gasteiger partial charge in [0.15, 0.2) is 0 Å². The van der Waals surface area contributed by atoms with Gasteiger partial charge >= 0.3 is 6.18 Å². The third kappa shape index (κ3) is 4.57. The standard InChI is InChI=1S/C9H11F3N2.2ClH/c10-9(11,12)7-3-1-2-6(4-7)8(14)5-13;;/h1-4,8H,5,13-14H2;2*1H. The second kappa shape index (κ2) is 6.96. The molecule has 7 heteroatoms. The summed E-state index contributed by atoms with van der Waals surface area (Å²) in [5.74, 6) is 0. The molecule has 0 spiro atoms. The van der Waals surface area contributed by atoms with E-state index in [9.17, 15) is 13.2 Å². The molecule has 0 aliphatic heterocycles. The van der Waals surface area contributed by atoms with Crippen molar-refractivity contribution in [1.82, 2.24) is 0 Å². The SMILES string of the molecule is Cl.Cl.NCC(N)c1cccc(C(F)(F)F)c1. The first kappa shape index (κ1) is 17.9. The Morgan fingerprint density at radius 3 is 2.19 bits per heavy atom. The summed E-state index contributed by atoms with van der Waals surface area (Å²) < 4.78 is 36.8. The van der Waals surface area contributed by atoms with E-state index in [0.29, 0.717) is 5.56 Å². The third-order valence-electron chi connectivity index (χ3n) is 1.90. The highest BCUT2D eigenvalue weighted by Crippen LogP contribution is 2.30. The summed E-state index contributed by atoms with van der Waals surface area (Å²) in [6, 6.07) is 4.35. The second-order valence-corrected chi connectivity index (χ2v) is 2.97. The van der Waals surface area contributed by atoms with Gasteiger partial charge in [0.25, 0.3) is 0 Å². The first-order valence-corrected chi connectivity index (χ1v) is 4.08. The van der Waals surface area contributed by atoms with Crippen LogP contribution in [0.2, 0.25) is 0 Å². The predicted octanol–water partition coefficient (Wildman–Crippen LogP) is 2.51. The molecule has 0 radical (unpaired) electrons. The van der Waals surface area contributed by atoms with E-state index in [0.717, 1.165) is 12.1 Å². The molecule has 2 nitrogen and oxygen atoms in total. The van der Waals surface area contributed by atoms with Gasteiger partial charge < -0.3 is 11.5 Å². The van der Waals surface area contributed by atoms with Gasteiger partial charge in [-0.05, 0) is 17.7 Å². The Hall–Kier alpha value is -0.490. The molecule has 0 bridgehead atoms. The van der Waals surface area contributed by atoms with Crippen molar-refractivity contribution >= 4 is 24.8 Å². The van der Waals surface area contributed by atoms with Crippen LogP contribution in [-0.2, 0) is 6.18 Å². The van der Waals surface area contributed by atoms with Crippen molar-refractivity contribution in [2.45, 2.75) is 12.2 Å². The predicted molar refractivity (Wildman–Crippen MR) is 61.9 cm³/mol. The summed E-state index contributed by atoms with van der Waals surface area (Å²) in [5, 5.41) is 0. The number of alkyl halides is 3. The molecular formula is C9H13Cl2F3N2. The van der Waals surface area contributed by atoms with E-state index in [1.807, 2.05) is 0 Å². The number of rotatable bonds is 2. The van der Waals surface area contributed by atoms with Crippen molar-refractivity contribution in [3.63, 3.8) is 0 Å². The van der Waals surface area contributed by atoms with Crippen molar-refractivity contribution in [2.75, 3.05) is 6.54 Å². The lowest BCUT2D eigenvalue weighted by Gasteiger charge is -2.12. The van der Waals surface area contributed by atoms with Crippen molar-refractivity contribution in [1.29, 1.82) is 0 Å². The van der Waals surface area contributed by atoms with E-state index in [2.05, 4.69) is 0 Å². The summed E-state index contributed by atoms with van der Waals surface area (Å²) in [6.07, 6.45) is -4.33. The van der Waals surface area contributed by atoms with Crippen LogP contribution in [0.4, 0.5) is 13.2 Å². The molecule has 0 aromatic heterocycles. The van der Waals surface area contributed by atoms with Gasteiger partial charge in [-0.25, -0.2) is 0 Å². The van der Waals surface area contributed by atoms with Crippen LogP contribution in [-0.4, -0.2) is 6.54 Å². The number of hydrogen-bond donors (Lipinski definition) is 2. The highest BCUT2D eigenvalue weighted by atomic mass is 35.5. The maximum atomic E-state index is 12.3. The Morgan fingerprint density at radius 2 is 1.75 bits per heavy atom. The Morgan fingerprint density at radius 1 is 1.19 bits per heavy atom. The van der Waals surface area contributed by atoms with Crippen LogP contribution < -0.4 is 11.5 Å². The minimum absolute atomic E-state index is 0. The Balaban J connectivity index is 0. The topological polar surface area (TPSA) is 52.0 Å². The zero-order valence-corrected chi connectivity index (χ0v) is 9.83. The molecule has 16 heavy (non-hydrogen) atoms. The highest BCUT2D eigenvalue weighted by Gasteiger charge is 2.30. The molecule has 1 unspecified atom stereocenters. The van der Waals surface area contributed by atoms with Crippen LogP contribution in [0.25, 0.3) is 0 Å². The molecule has 1 aromatic rings. The summed E-state index contributed by atoms with van der Waals surface area (Å²) in [4.78, 5) is 0. The summed E-state index contributed by atoms with van der Waals surface area (Å²) in [5.41, 5.74) is 10.5. The molecule has 0 amide bonds. The smallest absolute Gasteiger partial charge is 0.329 e. The lowest BCUT2D eigenvalue weighted by atomic mass is 10.0. The molecule has 0 fully saturated rings. The minimum Gasteiger partial charge on any atom is -0.329 e. The zero-order chi connectivity index (χ0) is 10.8. The van der Waals surface area contributed by atoms with Gasteiger partial charge in [0.2, 0.25) is 0 Å². The van der Waals surface area contributed by atoms with Gasteiger partial charge in [-0.2, -0.15) is 13.2 Å². The normalized spacial score (nSPS) is 12.3. The average molecular weight is 277 g/mol. The van der Waals surface area contributed by atoms with Crippen LogP contribution in [0.3, 0.4) is 0 Å². The molecule has 94 valence electrons. The zero-order valence-electron chi connectivity index (χ0n) is 8.20. The van der Waals surface area contributed by atoms with Gasteiger partial charge in [0.1, 0.15) is 0 Å². The average Bonchev–Trinajstić information content (AvgIpc) is 2.15. The molecular weight excluding hydrogens is 264 g/mol. The fourth-order valence-corrected chi connectivity index (χ4v) is 1.08. The maximum absolute atomic E-state index is 12.3. The van der Waals surface area contributed by atoms with E-state index in [-0.39, 0.29) is 31.4 Å². The van der Waals surface area contributed by atoms with Gasteiger partial charge in [0, 0.05) is 12.6 Å². The van der Waals surface area contributed by atoms with Crippen molar-refractivity contribution < 1.29 is 13.2 Å². The van der Waals surface area contributed by atoms with Gasteiger partial charge in [-0.3, -0.25) is 0 Å². The quantitative estimate of drug-likeness (QED) is 0.872. The maximum Gasteiger partial charge on any atom is 0.416 e. The van der Waals surface area contributed by atoms with Crippen LogP contribution in [0, 0.1) is 0 Å². The minimum atomic E-state index is -4.33. The second-order valence-electron chi connectivity index (χ2n) is 2.97. The van der Waals surface area contributed by atoms with Crippen LogP contribution in [0.1, 0.15) is 17.2 Å². The Bertz CT molecular complexity index is 318. The number of hydrogen-bond acceptors (Lipinski definition) is 2. The lowest BCUT2D eigenvalue weighted by molar-refractivity contribution is -0.137. The van der Waals surface area contributed by atoms with Crippen LogP contribution >= 0.6 is 24.8 Å². The van der Waals surface area contributed by atoms with Crippen LogP contribution in [0.15, 0.2) is 24.3 Å². The van der Waals surface area contributed by atoms with E-state index in [1.165, 1.54) is 12.1 Å². The molecule has 4 N–H and O–H groups in total. The lowest BCUT2D eigenvalue weighted by Crippen LogP contribution is -2.21. The molecule has 0 aliphatic rings. The Kier molecular flexibility index (Phi) is 7.78. The molecule has 0 saturated heterocycles. The van der Waals surface area contributed by atoms with E-state index >= 15 is 0 Å².